The van der Waals surface area contributed by atoms with Gasteiger partial charge in [-0.2, -0.15) is 0 Å². The van der Waals surface area contributed by atoms with E-state index in [-0.39, 0.29) is 29.6 Å². The first-order valence-electron chi connectivity index (χ1n) is 11.9. The highest BCUT2D eigenvalue weighted by molar-refractivity contribution is 5.99. The highest BCUT2D eigenvalue weighted by Crippen LogP contribution is 2.47. The second-order valence-corrected chi connectivity index (χ2v) is 9.99. The molecule has 4 heterocycles. The van der Waals surface area contributed by atoms with Crippen LogP contribution in [0.1, 0.15) is 64.3 Å². The van der Waals surface area contributed by atoms with Gasteiger partial charge in [0.25, 0.3) is 11.8 Å². The Hall–Kier alpha value is -3.09. The van der Waals surface area contributed by atoms with Crippen LogP contribution in [0.4, 0.5) is 0 Å². The van der Waals surface area contributed by atoms with Gasteiger partial charge >= 0.3 is 0 Å². The lowest BCUT2D eigenvalue weighted by atomic mass is 9.68. The van der Waals surface area contributed by atoms with Crippen LogP contribution < -0.4 is 10.7 Å². The number of fused-ring (bicyclic) bond motifs is 1. The zero-order valence-electron chi connectivity index (χ0n) is 19.1. The van der Waals surface area contributed by atoms with Crippen LogP contribution in [0.25, 0.3) is 0 Å². The van der Waals surface area contributed by atoms with Crippen molar-refractivity contribution >= 4 is 11.8 Å². The smallest absolute Gasteiger partial charge is 0.259 e. The van der Waals surface area contributed by atoms with Gasteiger partial charge in [-0.25, -0.2) is 0 Å². The molecule has 2 unspecified atom stereocenters. The van der Waals surface area contributed by atoms with Crippen LogP contribution in [0.3, 0.4) is 0 Å². The van der Waals surface area contributed by atoms with E-state index < -0.39 is 11.3 Å². The van der Waals surface area contributed by atoms with Crippen molar-refractivity contribution < 1.29 is 14.0 Å². The number of aromatic nitrogens is 1. The molecule has 4 bridgehead atoms. The van der Waals surface area contributed by atoms with Gasteiger partial charge in [0.15, 0.2) is 0 Å². The van der Waals surface area contributed by atoms with Gasteiger partial charge in [0.05, 0.1) is 6.54 Å². The van der Waals surface area contributed by atoms with E-state index in [1.54, 1.807) is 16.8 Å². The minimum atomic E-state index is -0.516. The lowest BCUT2D eigenvalue weighted by Crippen LogP contribution is -2.44. The number of amides is 2. The number of aryl methyl sites for hydroxylation is 1. The van der Waals surface area contributed by atoms with E-state index in [1.807, 2.05) is 24.0 Å². The van der Waals surface area contributed by atoms with E-state index in [4.69, 9.17) is 4.42 Å². The van der Waals surface area contributed by atoms with Crippen molar-refractivity contribution in [3.8, 4) is 0 Å². The van der Waals surface area contributed by atoms with Gasteiger partial charge in [-0.1, -0.05) is 6.08 Å². The molecule has 33 heavy (non-hydrogen) atoms. The Balaban J connectivity index is 1.51. The molecule has 2 aromatic heterocycles. The number of hydrogen-bond donors (Lipinski definition) is 1. The standard InChI is InChI=1S/C26H31N3O4/c1-3-6-27-25(31)22-14-28(13-21-5-4-16(2)33-21)15-23(24(22)30)26(32)29-12-19-8-17-7-18(9-19)11-20(29)10-17/h3-5,14-15,17-20H,1,6-13H2,2H3,(H,27,31). The minimum Gasteiger partial charge on any atom is -0.464 e. The van der Waals surface area contributed by atoms with Crippen LogP contribution in [0.5, 0.6) is 0 Å². The fraction of sp³-hybridized carbons (Fsp3) is 0.500. The van der Waals surface area contributed by atoms with E-state index in [2.05, 4.69) is 11.9 Å². The van der Waals surface area contributed by atoms with E-state index >= 15 is 0 Å². The van der Waals surface area contributed by atoms with E-state index in [1.165, 1.54) is 25.5 Å². The summed E-state index contributed by atoms with van der Waals surface area (Å²) in [4.78, 5) is 41.8. The second kappa shape index (κ2) is 8.69. The van der Waals surface area contributed by atoms with Crippen molar-refractivity contribution in [1.82, 2.24) is 14.8 Å². The Morgan fingerprint density at radius 1 is 1.09 bits per heavy atom. The first-order chi connectivity index (χ1) is 15.9. The fourth-order valence-corrected chi connectivity index (χ4v) is 6.23. The normalized spacial score (nSPS) is 25.7. The van der Waals surface area contributed by atoms with Crippen LogP contribution in [0.15, 0.2) is 46.4 Å². The zero-order valence-corrected chi connectivity index (χ0v) is 19.1. The topological polar surface area (TPSA) is 84.6 Å². The number of rotatable bonds is 6. The Labute approximate surface area is 193 Å². The molecule has 4 aliphatic rings. The molecule has 0 radical (unpaired) electrons. The summed E-state index contributed by atoms with van der Waals surface area (Å²) in [7, 11) is 0. The predicted octanol–water partition coefficient (Wildman–Crippen LogP) is 3.36. The summed E-state index contributed by atoms with van der Waals surface area (Å²) in [5.74, 6) is 2.62. The van der Waals surface area contributed by atoms with Crippen molar-refractivity contribution in [3.05, 3.63) is 70.1 Å². The third kappa shape index (κ3) is 4.28. The summed E-state index contributed by atoms with van der Waals surface area (Å²) in [5.41, 5.74) is -0.491. The Morgan fingerprint density at radius 2 is 1.79 bits per heavy atom. The number of furan rings is 1. The van der Waals surface area contributed by atoms with Gasteiger partial charge in [-0.3, -0.25) is 14.4 Å². The number of carbonyl (C=O) groups is 2. The number of carbonyl (C=O) groups excluding carboxylic acids is 2. The molecule has 2 saturated heterocycles. The summed E-state index contributed by atoms with van der Waals surface area (Å²) in [6.45, 7) is 6.75. The van der Waals surface area contributed by atoms with Crippen LogP contribution >= 0.6 is 0 Å². The quantitative estimate of drug-likeness (QED) is 0.686. The van der Waals surface area contributed by atoms with Crippen molar-refractivity contribution in [2.24, 2.45) is 17.8 Å². The Kier molecular flexibility index (Phi) is 5.72. The van der Waals surface area contributed by atoms with Crippen molar-refractivity contribution in [2.45, 2.75) is 51.6 Å². The van der Waals surface area contributed by atoms with Gasteiger partial charge in [-0.15, -0.1) is 6.58 Å². The zero-order chi connectivity index (χ0) is 23.1. The largest absolute Gasteiger partial charge is 0.464 e. The SMILES string of the molecule is C=CCNC(=O)c1cn(Cc2ccc(C)o2)cc(C(=O)N2CC3CC4CC(C3)CC2C4)c1=O. The van der Waals surface area contributed by atoms with Gasteiger partial charge in [-0.05, 0) is 68.9 Å². The average molecular weight is 450 g/mol. The molecule has 2 amide bonds. The van der Waals surface area contributed by atoms with Crippen LogP contribution in [0.2, 0.25) is 0 Å². The van der Waals surface area contributed by atoms with Crippen LogP contribution in [-0.2, 0) is 6.54 Å². The molecule has 2 atom stereocenters. The summed E-state index contributed by atoms with van der Waals surface area (Å²) >= 11 is 0. The van der Waals surface area contributed by atoms with Crippen LogP contribution in [-0.4, -0.2) is 40.4 Å². The molecule has 174 valence electrons. The summed E-state index contributed by atoms with van der Waals surface area (Å²) in [5, 5.41) is 2.67. The molecule has 1 N–H and O–H groups in total. The first-order valence-corrected chi connectivity index (χ1v) is 11.9. The second-order valence-electron chi connectivity index (χ2n) is 9.99. The van der Waals surface area contributed by atoms with E-state index in [0.717, 1.165) is 18.6 Å². The molecule has 7 heteroatoms. The van der Waals surface area contributed by atoms with Gasteiger partial charge in [0, 0.05) is 31.5 Å². The van der Waals surface area contributed by atoms with Crippen LogP contribution in [0, 0.1) is 24.7 Å². The molecular weight excluding hydrogens is 418 g/mol. The molecule has 2 aliphatic heterocycles. The van der Waals surface area contributed by atoms with Crippen molar-refractivity contribution in [1.29, 1.82) is 0 Å². The summed E-state index contributed by atoms with van der Waals surface area (Å²) < 4.78 is 7.39. The maximum absolute atomic E-state index is 13.8. The van der Waals surface area contributed by atoms with E-state index in [9.17, 15) is 14.4 Å². The van der Waals surface area contributed by atoms with Gasteiger partial charge < -0.3 is 19.2 Å². The maximum Gasteiger partial charge on any atom is 0.259 e. The molecular formula is C26H31N3O4. The van der Waals surface area contributed by atoms with Gasteiger partial charge in [0.1, 0.15) is 22.6 Å². The average Bonchev–Trinajstić information content (AvgIpc) is 3.09. The molecule has 2 saturated carbocycles. The third-order valence-electron chi connectivity index (χ3n) is 7.46. The molecule has 6 rings (SSSR count). The van der Waals surface area contributed by atoms with Gasteiger partial charge in [0.2, 0.25) is 5.43 Å². The number of nitrogens with zero attached hydrogens (tertiary/aromatic N) is 2. The van der Waals surface area contributed by atoms with Crippen molar-refractivity contribution in [3.63, 3.8) is 0 Å². The highest BCUT2D eigenvalue weighted by atomic mass is 16.3. The van der Waals surface area contributed by atoms with E-state index in [0.29, 0.717) is 36.6 Å². The third-order valence-corrected chi connectivity index (χ3v) is 7.46. The Bertz CT molecular complexity index is 1130. The molecule has 0 spiro atoms. The fourth-order valence-electron chi connectivity index (χ4n) is 6.23. The first kappa shape index (κ1) is 21.7. The molecule has 4 fully saturated rings. The minimum absolute atomic E-state index is 0.0355. The predicted molar refractivity (Wildman–Crippen MR) is 124 cm³/mol. The molecule has 0 aromatic carbocycles. The molecule has 2 aromatic rings. The summed E-state index contributed by atoms with van der Waals surface area (Å²) in [6.07, 6.45) is 10.3. The monoisotopic (exact) mass is 449 g/mol. The number of pyridine rings is 1. The maximum atomic E-state index is 13.8. The molecule has 2 aliphatic carbocycles. The number of nitrogens with one attached hydrogen (secondary N) is 1. The van der Waals surface area contributed by atoms with Crippen molar-refractivity contribution in [2.75, 3.05) is 13.1 Å². The summed E-state index contributed by atoms with van der Waals surface area (Å²) in [6, 6.07) is 3.91. The highest BCUT2D eigenvalue weighted by Gasteiger charge is 2.44. The lowest BCUT2D eigenvalue weighted by Gasteiger charge is -2.39. The molecule has 7 nitrogen and oxygen atoms in total. The number of hydrogen-bond acceptors (Lipinski definition) is 4. The Morgan fingerprint density at radius 3 is 2.45 bits per heavy atom. The lowest BCUT2D eigenvalue weighted by molar-refractivity contribution is 0.0630.